The van der Waals surface area contributed by atoms with Gasteiger partial charge in [-0.25, -0.2) is 4.39 Å². The van der Waals surface area contributed by atoms with Crippen molar-refractivity contribution >= 4 is 16.8 Å². The third-order valence-electron chi connectivity index (χ3n) is 4.05. The number of hydrogen-bond donors (Lipinski definition) is 1. The second-order valence-electron chi connectivity index (χ2n) is 5.36. The molecule has 0 aliphatic heterocycles. The van der Waals surface area contributed by atoms with Gasteiger partial charge in [0.15, 0.2) is 0 Å². The van der Waals surface area contributed by atoms with Crippen LogP contribution in [0.2, 0.25) is 0 Å². The molecule has 3 nitrogen and oxygen atoms in total. The number of amides is 1. The minimum atomic E-state index is -0.277. The Morgan fingerprint density at radius 1 is 1.45 bits per heavy atom. The van der Waals surface area contributed by atoms with E-state index in [0.29, 0.717) is 6.42 Å². The second-order valence-corrected chi connectivity index (χ2v) is 5.36. The average molecular weight is 276 g/mol. The monoisotopic (exact) mass is 276 g/mol. The minimum Gasteiger partial charge on any atom is -0.358 e. The van der Waals surface area contributed by atoms with Crippen molar-refractivity contribution in [3.05, 3.63) is 35.3 Å². The summed E-state index contributed by atoms with van der Waals surface area (Å²) >= 11 is 0. The number of nitrogens with zero attached hydrogens (tertiary/aromatic N) is 1. The van der Waals surface area contributed by atoms with Gasteiger partial charge in [0.25, 0.3) is 0 Å². The normalized spacial score (nSPS) is 12.7. The van der Waals surface area contributed by atoms with E-state index in [2.05, 4.69) is 11.9 Å². The molecule has 1 heterocycles. The van der Waals surface area contributed by atoms with Gasteiger partial charge in [0, 0.05) is 29.7 Å². The average Bonchev–Trinajstić information content (AvgIpc) is 2.73. The van der Waals surface area contributed by atoms with Gasteiger partial charge in [0.05, 0.1) is 6.42 Å². The predicted octanol–water partition coefficient (Wildman–Crippen LogP) is 3.41. The molecule has 20 heavy (non-hydrogen) atoms. The fourth-order valence-corrected chi connectivity index (χ4v) is 2.38. The number of likely N-dealkylation sites (N-methyl/N-ethyl adjacent to an activating group) is 1. The van der Waals surface area contributed by atoms with E-state index in [9.17, 15) is 9.18 Å². The SMILES string of the molecule is CCC(C)N(C)C(=O)Cc1c(C)[nH]c2ccc(F)cc12. The first-order valence-electron chi connectivity index (χ1n) is 6.96. The molecule has 1 amide bonds. The maximum absolute atomic E-state index is 13.4. The Bertz CT molecular complexity index is 633. The van der Waals surface area contributed by atoms with Gasteiger partial charge >= 0.3 is 0 Å². The Kier molecular flexibility index (Phi) is 4.12. The highest BCUT2D eigenvalue weighted by Gasteiger charge is 2.18. The van der Waals surface area contributed by atoms with Crippen molar-refractivity contribution in [3.8, 4) is 0 Å². The van der Waals surface area contributed by atoms with Crippen LogP contribution in [0.1, 0.15) is 31.5 Å². The van der Waals surface area contributed by atoms with Gasteiger partial charge in [-0.3, -0.25) is 4.79 Å². The molecular formula is C16H21FN2O. The summed E-state index contributed by atoms with van der Waals surface area (Å²) in [6, 6.07) is 4.84. The molecule has 1 unspecified atom stereocenters. The molecule has 1 N–H and O–H groups in total. The summed E-state index contributed by atoms with van der Waals surface area (Å²) in [5, 5.41) is 0.799. The lowest BCUT2D eigenvalue weighted by molar-refractivity contribution is -0.130. The molecule has 108 valence electrons. The fourth-order valence-electron chi connectivity index (χ4n) is 2.38. The molecule has 0 fully saturated rings. The molecular weight excluding hydrogens is 255 g/mol. The molecule has 0 aliphatic carbocycles. The third kappa shape index (κ3) is 2.69. The summed E-state index contributed by atoms with van der Waals surface area (Å²) < 4.78 is 13.4. The number of aromatic amines is 1. The first kappa shape index (κ1) is 14.6. The summed E-state index contributed by atoms with van der Waals surface area (Å²) in [6.45, 7) is 6.00. The van der Waals surface area contributed by atoms with Crippen LogP contribution in [0.3, 0.4) is 0 Å². The topological polar surface area (TPSA) is 36.1 Å². The van der Waals surface area contributed by atoms with Crippen LogP contribution in [-0.2, 0) is 11.2 Å². The van der Waals surface area contributed by atoms with E-state index < -0.39 is 0 Å². The molecule has 2 aromatic rings. The van der Waals surface area contributed by atoms with Crippen LogP contribution in [0.15, 0.2) is 18.2 Å². The van der Waals surface area contributed by atoms with Crippen LogP contribution >= 0.6 is 0 Å². The Balaban J connectivity index is 2.31. The van der Waals surface area contributed by atoms with Crippen molar-refractivity contribution in [2.45, 2.75) is 39.7 Å². The number of fused-ring (bicyclic) bond motifs is 1. The molecule has 0 saturated heterocycles. The highest BCUT2D eigenvalue weighted by Crippen LogP contribution is 2.24. The van der Waals surface area contributed by atoms with Crippen molar-refractivity contribution in [3.63, 3.8) is 0 Å². The van der Waals surface area contributed by atoms with E-state index in [-0.39, 0.29) is 17.8 Å². The molecule has 2 rings (SSSR count). The minimum absolute atomic E-state index is 0.0626. The first-order valence-corrected chi connectivity index (χ1v) is 6.96. The van der Waals surface area contributed by atoms with Gasteiger partial charge in [-0.05, 0) is 44.0 Å². The highest BCUT2D eigenvalue weighted by atomic mass is 19.1. The molecule has 0 radical (unpaired) electrons. The zero-order chi connectivity index (χ0) is 14.9. The summed E-state index contributed by atoms with van der Waals surface area (Å²) in [6.07, 6.45) is 1.22. The first-order chi connectivity index (χ1) is 9.43. The van der Waals surface area contributed by atoms with E-state index in [4.69, 9.17) is 0 Å². The smallest absolute Gasteiger partial charge is 0.227 e. The van der Waals surface area contributed by atoms with Crippen LogP contribution in [-0.4, -0.2) is 28.9 Å². The van der Waals surface area contributed by atoms with Crippen LogP contribution in [0.5, 0.6) is 0 Å². The lowest BCUT2D eigenvalue weighted by Crippen LogP contribution is -2.35. The Morgan fingerprint density at radius 2 is 2.15 bits per heavy atom. The lowest BCUT2D eigenvalue weighted by Gasteiger charge is -2.23. The van der Waals surface area contributed by atoms with E-state index >= 15 is 0 Å². The quantitative estimate of drug-likeness (QED) is 0.912. The van der Waals surface area contributed by atoms with Crippen molar-refractivity contribution < 1.29 is 9.18 Å². The van der Waals surface area contributed by atoms with Crippen LogP contribution in [0.4, 0.5) is 4.39 Å². The zero-order valence-corrected chi connectivity index (χ0v) is 12.5. The summed E-state index contributed by atoms with van der Waals surface area (Å²) in [5.41, 5.74) is 2.69. The Hall–Kier alpha value is -1.84. The molecule has 0 aliphatic rings. The maximum atomic E-state index is 13.4. The Labute approximate surface area is 118 Å². The van der Waals surface area contributed by atoms with E-state index in [1.165, 1.54) is 12.1 Å². The van der Waals surface area contributed by atoms with Crippen LogP contribution in [0, 0.1) is 12.7 Å². The van der Waals surface area contributed by atoms with Crippen molar-refractivity contribution in [2.75, 3.05) is 7.05 Å². The number of aryl methyl sites for hydroxylation is 1. The number of carbonyl (C=O) groups is 1. The molecule has 1 aromatic carbocycles. The number of hydrogen-bond acceptors (Lipinski definition) is 1. The van der Waals surface area contributed by atoms with Gasteiger partial charge in [0.2, 0.25) is 5.91 Å². The third-order valence-corrected chi connectivity index (χ3v) is 4.05. The van der Waals surface area contributed by atoms with E-state index in [1.54, 1.807) is 11.0 Å². The number of halogens is 1. The maximum Gasteiger partial charge on any atom is 0.227 e. The second kappa shape index (κ2) is 5.65. The van der Waals surface area contributed by atoms with Gasteiger partial charge in [0.1, 0.15) is 5.82 Å². The Morgan fingerprint density at radius 3 is 2.80 bits per heavy atom. The number of carbonyl (C=O) groups excluding carboxylic acids is 1. The zero-order valence-electron chi connectivity index (χ0n) is 12.5. The van der Waals surface area contributed by atoms with Crippen molar-refractivity contribution in [2.24, 2.45) is 0 Å². The van der Waals surface area contributed by atoms with E-state index in [1.807, 2.05) is 20.9 Å². The molecule has 4 heteroatoms. The molecule has 1 aromatic heterocycles. The number of benzene rings is 1. The standard InChI is InChI=1S/C16H21FN2O/c1-5-10(2)19(4)16(20)9-13-11(3)18-15-7-6-12(17)8-14(13)15/h6-8,10,18H,5,9H2,1-4H3. The fraction of sp³-hybridized carbons (Fsp3) is 0.438. The van der Waals surface area contributed by atoms with Gasteiger partial charge in [-0.1, -0.05) is 6.92 Å². The van der Waals surface area contributed by atoms with Gasteiger partial charge in [-0.15, -0.1) is 0 Å². The van der Waals surface area contributed by atoms with Crippen molar-refractivity contribution in [1.82, 2.24) is 9.88 Å². The molecule has 0 bridgehead atoms. The van der Waals surface area contributed by atoms with Gasteiger partial charge < -0.3 is 9.88 Å². The molecule has 0 saturated carbocycles. The summed E-state index contributed by atoms with van der Waals surface area (Å²) in [7, 11) is 1.82. The van der Waals surface area contributed by atoms with E-state index in [0.717, 1.165) is 28.6 Å². The molecule has 0 spiro atoms. The van der Waals surface area contributed by atoms with Crippen molar-refractivity contribution in [1.29, 1.82) is 0 Å². The van der Waals surface area contributed by atoms with Crippen LogP contribution < -0.4 is 0 Å². The molecule has 1 atom stereocenters. The van der Waals surface area contributed by atoms with Gasteiger partial charge in [-0.2, -0.15) is 0 Å². The van der Waals surface area contributed by atoms with Crippen LogP contribution in [0.25, 0.3) is 10.9 Å². The number of aromatic nitrogens is 1. The summed E-state index contributed by atoms with van der Waals surface area (Å²) in [4.78, 5) is 17.3. The lowest BCUT2D eigenvalue weighted by atomic mass is 10.1. The number of nitrogens with one attached hydrogen (secondary N) is 1. The summed E-state index contributed by atoms with van der Waals surface area (Å²) in [5.74, 6) is -0.215. The number of H-pyrrole nitrogens is 1. The highest BCUT2D eigenvalue weighted by molar-refractivity contribution is 5.90. The largest absolute Gasteiger partial charge is 0.358 e. The number of rotatable bonds is 4. The predicted molar refractivity (Wildman–Crippen MR) is 79.2 cm³/mol.